The van der Waals surface area contributed by atoms with E-state index in [4.69, 9.17) is 21.7 Å². The van der Waals surface area contributed by atoms with E-state index in [9.17, 15) is 9.59 Å². The van der Waals surface area contributed by atoms with Gasteiger partial charge < -0.3 is 20.1 Å². The smallest absolute Gasteiger partial charge is 0.338 e. The van der Waals surface area contributed by atoms with Gasteiger partial charge in [0.1, 0.15) is 5.75 Å². The molecule has 1 aliphatic rings. The number of para-hydroxylation sites is 1. The third-order valence-corrected chi connectivity index (χ3v) is 4.65. The second kappa shape index (κ2) is 11.0. The highest BCUT2D eigenvalue weighted by molar-refractivity contribution is 7.80. The molecule has 1 amide bonds. The van der Waals surface area contributed by atoms with Gasteiger partial charge in [0.25, 0.3) is 5.91 Å². The molecule has 10 heteroatoms. The Morgan fingerprint density at radius 2 is 2.03 bits per heavy atom. The van der Waals surface area contributed by atoms with Crippen molar-refractivity contribution in [3.8, 4) is 5.75 Å². The summed E-state index contributed by atoms with van der Waals surface area (Å²) in [5.74, 6) is -0.486. The van der Waals surface area contributed by atoms with Gasteiger partial charge in [-0.05, 0) is 44.3 Å². The fourth-order valence-electron chi connectivity index (χ4n) is 3.06. The molecule has 1 aromatic heterocycles. The summed E-state index contributed by atoms with van der Waals surface area (Å²) in [6.45, 7) is 3.46. The molecule has 1 aromatic carbocycles. The number of nitrogens with zero attached hydrogens (tertiary/aromatic N) is 2. The summed E-state index contributed by atoms with van der Waals surface area (Å²) < 4.78 is 10.9. The van der Waals surface area contributed by atoms with Crippen molar-refractivity contribution >= 4 is 35.4 Å². The number of carbonyl (C=O) groups excluding carboxylic acids is 2. The quantitative estimate of drug-likeness (QED) is 0.241. The molecule has 166 valence electrons. The Morgan fingerprint density at radius 3 is 2.78 bits per heavy atom. The third-order valence-electron chi connectivity index (χ3n) is 4.43. The predicted octanol–water partition coefficient (Wildman–Crippen LogP) is 1.97. The van der Waals surface area contributed by atoms with Crippen LogP contribution in [0.5, 0.6) is 5.75 Å². The number of amides is 1. The number of hydrogen-bond donors (Lipinski definition) is 3. The first-order valence-corrected chi connectivity index (χ1v) is 10.3. The fraction of sp³-hybridized carbons (Fsp3) is 0.227. The van der Waals surface area contributed by atoms with E-state index >= 15 is 0 Å². The minimum atomic E-state index is -0.593. The van der Waals surface area contributed by atoms with Gasteiger partial charge in [-0.15, -0.1) is 0 Å². The molecule has 2 aromatic rings. The van der Waals surface area contributed by atoms with Gasteiger partial charge in [0.2, 0.25) is 0 Å². The number of aromatic nitrogens is 1. The van der Waals surface area contributed by atoms with E-state index in [1.807, 2.05) is 12.1 Å². The lowest BCUT2D eigenvalue weighted by Crippen LogP contribution is -2.45. The molecule has 0 saturated heterocycles. The number of esters is 1. The van der Waals surface area contributed by atoms with Crippen LogP contribution >= 0.6 is 12.2 Å². The average molecular weight is 454 g/mol. The topological polar surface area (TPSA) is 114 Å². The molecule has 0 saturated carbocycles. The maximum absolute atomic E-state index is 12.6. The molecule has 0 fully saturated rings. The van der Waals surface area contributed by atoms with Gasteiger partial charge in [0.15, 0.2) is 11.7 Å². The van der Waals surface area contributed by atoms with Crippen LogP contribution < -0.4 is 20.8 Å². The SMILES string of the molecule is CCOC(=O)C1=C(C)NC(=S)N[C@@H]1c1ccccc1OCC(=O)NN=Cc1ccccn1. The van der Waals surface area contributed by atoms with E-state index in [0.717, 1.165) is 0 Å². The van der Waals surface area contributed by atoms with Crippen LogP contribution in [-0.2, 0) is 14.3 Å². The molecule has 3 rings (SSSR count). The van der Waals surface area contributed by atoms with Crippen molar-refractivity contribution in [1.82, 2.24) is 21.0 Å². The minimum absolute atomic E-state index is 0.240. The van der Waals surface area contributed by atoms with Crippen LogP contribution in [0, 0.1) is 0 Å². The Bertz CT molecular complexity index is 1060. The highest BCUT2D eigenvalue weighted by Crippen LogP contribution is 2.33. The van der Waals surface area contributed by atoms with E-state index in [1.54, 1.807) is 50.4 Å². The summed E-state index contributed by atoms with van der Waals surface area (Å²) in [5.41, 5.74) is 4.63. The van der Waals surface area contributed by atoms with Crippen LogP contribution in [-0.4, -0.2) is 41.4 Å². The molecular formula is C22H23N5O4S. The number of carbonyl (C=O) groups is 2. The van der Waals surface area contributed by atoms with Crippen molar-refractivity contribution < 1.29 is 19.1 Å². The van der Waals surface area contributed by atoms with Crippen molar-refractivity contribution in [2.75, 3.05) is 13.2 Å². The first-order valence-electron chi connectivity index (χ1n) is 9.89. The van der Waals surface area contributed by atoms with E-state index in [2.05, 4.69) is 26.1 Å². The van der Waals surface area contributed by atoms with Gasteiger partial charge in [-0.25, -0.2) is 10.2 Å². The number of allylic oxidation sites excluding steroid dienone is 1. The number of ether oxygens (including phenoxy) is 2. The number of hydrazone groups is 1. The monoisotopic (exact) mass is 453 g/mol. The summed E-state index contributed by atoms with van der Waals surface area (Å²) in [7, 11) is 0. The van der Waals surface area contributed by atoms with Gasteiger partial charge in [-0.1, -0.05) is 24.3 Å². The molecule has 0 unspecified atom stereocenters. The van der Waals surface area contributed by atoms with Gasteiger partial charge in [-0.3, -0.25) is 9.78 Å². The van der Waals surface area contributed by atoms with Crippen LogP contribution in [0.15, 0.2) is 65.0 Å². The van der Waals surface area contributed by atoms with E-state index in [-0.39, 0.29) is 13.2 Å². The maximum atomic E-state index is 12.6. The fourth-order valence-corrected chi connectivity index (χ4v) is 3.33. The molecule has 0 bridgehead atoms. The third kappa shape index (κ3) is 5.88. The molecule has 0 radical (unpaired) electrons. The van der Waals surface area contributed by atoms with Crippen LogP contribution in [0.1, 0.15) is 31.1 Å². The van der Waals surface area contributed by atoms with Crippen molar-refractivity contribution in [1.29, 1.82) is 0 Å². The van der Waals surface area contributed by atoms with Crippen molar-refractivity contribution in [2.24, 2.45) is 5.10 Å². The molecule has 1 atom stereocenters. The predicted molar refractivity (Wildman–Crippen MR) is 123 cm³/mol. The number of pyridine rings is 1. The Kier molecular flexibility index (Phi) is 7.87. The Balaban J connectivity index is 1.73. The first kappa shape index (κ1) is 22.9. The largest absolute Gasteiger partial charge is 0.483 e. The molecular weight excluding hydrogens is 430 g/mol. The normalized spacial score (nSPS) is 15.7. The van der Waals surface area contributed by atoms with Crippen LogP contribution in [0.25, 0.3) is 0 Å². The van der Waals surface area contributed by atoms with E-state index in [0.29, 0.717) is 33.4 Å². The minimum Gasteiger partial charge on any atom is -0.483 e. The van der Waals surface area contributed by atoms with Gasteiger partial charge in [0, 0.05) is 17.5 Å². The zero-order chi connectivity index (χ0) is 22.9. The number of rotatable bonds is 8. The molecule has 3 N–H and O–H groups in total. The van der Waals surface area contributed by atoms with Crippen LogP contribution in [0.4, 0.5) is 0 Å². The van der Waals surface area contributed by atoms with E-state index < -0.39 is 17.9 Å². The Hall–Kier alpha value is -3.79. The second-order valence-corrected chi connectivity index (χ2v) is 7.07. The first-order chi connectivity index (χ1) is 15.5. The summed E-state index contributed by atoms with van der Waals surface area (Å²) in [6, 6.07) is 11.9. The second-order valence-electron chi connectivity index (χ2n) is 6.66. The van der Waals surface area contributed by atoms with Gasteiger partial charge >= 0.3 is 5.97 Å². The van der Waals surface area contributed by atoms with Gasteiger partial charge in [0.05, 0.1) is 30.1 Å². The summed E-state index contributed by atoms with van der Waals surface area (Å²) in [6.07, 6.45) is 3.06. The Morgan fingerprint density at radius 1 is 1.25 bits per heavy atom. The standard InChI is InChI=1S/C22H23N5O4S/c1-3-30-21(29)19-14(2)25-22(32)26-20(19)16-9-4-5-10-17(16)31-13-18(28)27-24-12-15-8-6-7-11-23-15/h4-12,20H,3,13H2,1-2H3,(H,27,28)(H2,25,26,32)/t20-/m1/s1. The van der Waals surface area contributed by atoms with Crippen molar-refractivity contribution in [2.45, 2.75) is 19.9 Å². The number of hydrogen-bond acceptors (Lipinski definition) is 7. The maximum Gasteiger partial charge on any atom is 0.338 e. The highest BCUT2D eigenvalue weighted by Gasteiger charge is 2.32. The molecule has 0 aliphatic carbocycles. The lowest BCUT2D eigenvalue weighted by Gasteiger charge is -2.30. The summed E-state index contributed by atoms with van der Waals surface area (Å²) in [5, 5.41) is 10.3. The van der Waals surface area contributed by atoms with Crippen LogP contribution in [0.2, 0.25) is 0 Å². The molecule has 32 heavy (non-hydrogen) atoms. The lowest BCUT2D eigenvalue weighted by molar-refractivity contribution is -0.139. The summed E-state index contributed by atoms with van der Waals surface area (Å²) in [4.78, 5) is 28.8. The average Bonchev–Trinajstić information content (AvgIpc) is 2.78. The molecule has 2 heterocycles. The van der Waals surface area contributed by atoms with Crippen molar-refractivity contribution in [3.05, 3.63) is 71.2 Å². The van der Waals surface area contributed by atoms with E-state index in [1.165, 1.54) is 6.21 Å². The number of benzene rings is 1. The Labute approximate surface area is 190 Å². The number of thiocarbonyl (C=S) groups is 1. The molecule has 9 nitrogen and oxygen atoms in total. The molecule has 1 aliphatic heterocycles. The molecule has 0 spiro atoms. The number of nitrogens with one attached hydrogen (secondary N) is 3. The summed E-state index contributed by atoms with van der Waals surface area (Å²) >= 11 is 5.27. The zero-order valence-electron chi connectivity index (χ0n) is 17.6. The van der Waals surface area contributed by atoms with Crippen molar-refractivity contribution in [3.63, 3.8) is 0 Å². The zero-order valence-corrected chi connectivity index (χ0v) is 18.4. The highest BCUT2D eigenvalue weighted by atomic mass is 32.1. The van der Waals surface area contributed by atoms with Crippen LogP contribution in [0.3, 0.4) is 0 Å². The lowest BCUT2D eigenvalue weighted by atomic mass is 9.95. The van der Waals surface area contributed by atoms with Gasteiger partial charge in [-0.2, -0.15) is 5.10 Å².